The summed E-state index contributed by atoms with van der Waals surface area (Å²) in [5.41, 5.74) is 0.962. The van der Waals surface area contributed by atoms with Crippen LogP contribution in [0.3, 0.4) is 0 Å². The van der Waals surface area contributed by atoms with Gasteiger partial charge in [0.25, 0.3) is 0 Å². The molecule has 11 nitrogen and oxygen atoms in total. The predicted molar refractivity (Wildman–Crippen MR) is 136 cm³/mol. The summed E-state index contributed by atoms with van der Waals surface area (Å²) in [5, 5.41) is 53.4. The highest BCUT2D eigenvalue weighted by Crippen LogP contribution is 2.52. The normalized spacial score (nSPS) is 27.5. The summed E-state index contributed by atoms with van der Waals surface area (Å²) >= 11 is 12.2. The van der Waals surface area contributed by atoms with Crippen LogP contribution >= 0.6 is 23.2 Å². The summed E-state index contributed by atoms with van der Waals surface area (Å²) in [6.45, 7) is 1.94. The van der Waals surface area contributed by atoms with E-state index in [9.17, 15) is 30.3 Å². The number of piperazine rings is 1. The number of aliphatic hydroxyl groups excluding tert-OH is 3. The molecule has 3 aliphatic rings. The first kappa shape index (κ1) is 27.1. The molecule has 2 aromatic carbocycles. The average molecular weight is 571 g/mol. The molecular weight excluding hydrogens is 543 g/mol. The van der Waals surface area contributed by atoms with Gasteiger partial charge in [0, 0.05) is 49.5 Å². The number of ether oxygens (including phenoxy) is 3. The molecule has 13 heteroatoms. The molecule has 5 atom stereocenters. The molecule has 2 aromatic rings. The van der Waals surface area contributed by atoms with Gasteiger partial charge in [-0.3, -0.25) is 4.90 Å². The monoisotopic (exact) mass is 570 g/mol. The SMILES string of the molecule is COc1c(O)c(CN2CCN(c3ccc(Cl)c(Cl)c3)CC2)c2c(c1O)C1O[C@@H](CO)[C@H](O)[C@@H](O)C1OC2=O. The maximum absolute atomic E-state index is 13.2. The zero-order valence-corrected chi connectivity index (χ0v) is 21.9. The molecule has 2 unspecified atom stereocenters. The number of phenols is 2. The Kier molecular flexibility index (Phi) is 7.53. The molecule has 38 heavy (non-hydrogen) atoms. The maximum Gasteiger partial charge on any atom is 0.339 e. The molecule has 5 rings (SSSR count). The number of aromatic hydroxyl groups is 2. The maximum atomic E-state index is 13.2. The van der Waals surface area contributed by atoms with E-state index in [0.717, 1.165) is 5.69 Å². The van der Waals surface area contributed by atoms with E-state index in [1.165, 1.54) is 7.11 Å². The number of rotatable bonds is 5. The Balaban J connectivity index is 1.46. The summed E-state index contributed by atoms with van der Waals surface area (Å²) < 4.78 is 16.5. The van der Waals surface area contributed by atoms with Crippen molar-refractivity contribution in [1.29, 1.82) is 0 Å². The van der Waals surface area contributed by atoms with Crippen molar-refractivity contribution in [3.05, 3.63) is 44.9 Å². The number of methoxy groups -OCH3 is 1. The molecule has 0 spiro atoms. The summed E-state index contributed by atoms with van der Waals surface area (Å²) in [5.74, 6) is -2.11. The lowest BCUT2D eigenvalue weighted by molar-refractivity contribution is -0.235. The molecule has 0 amide bonds. The van der Waals surface area contributed by atoms with Crippen LogP contribution in [0.4, 0.5) is 5.69 Å². The zero-order chi connectivity index (χ0) is 27.3. The lowest BCUT2D eigenvalue weighted by Gasteiger charge is -2.45. The third kappa shape index (κ3) is 4.51. The van der Waals surface area contributed by atoms with Crippen LogP contribution in [-0.2, 0) is 16.0 Å². The Hall–Kier alpha value is -2.51. The first-order chi connectivity index (χ1) is 18.2. The van der Waals surface area contributed by atoms with Gasteiger partial charge < -0.3 is 44.6 Å². The molecule has 206 valence electrons. The number of aliphatic hydroxyl groups is 3. The summed E-state index contributed by atoms with van der Waals surface area (Å²) in [7, 11) is 1.26. The highest BCUT2D eigenvalue weighted by Gasteiger charge is 2.53. The Morgan fingerprint density at radius 1 is 1.05 bits per heavy atom. The van der Waals surface area contributed by atoms with E-state index < -0.39 is 54.6 Å². The smallest absolute Gasteiger partial charge is 0.339 e. The largest absolute Gasteiger partial charge is 0.504 e. The number of carbonyl (C=O) groups is 1. The van der Waals surface area contributed by atoms with Gasteiger partial charge in [0.05, 0.1) is 29.3 Å². The highest BCUT2D eigenvalue weighted by atomic mass is 35.5. The van der Waals surface area contributed by atoms with Crippen molar-refractivity contribution in [2.75, 3.05) is 44.8 Å². The number of benzene rings is 2. The van der Waals surface area contributed by atoms with Crippen LogP contribution < -0.4 is 9.64 Å². The quantitative estimate of drug-likeness (QED) is 0.332. The van der Waals surface area contributed by atoms with Crippen LogP contribution in [0.25, 0.3) is 0 Å². The lowest BCUT2D eigenvalue weighted by Crippen LogP contribution is -2.58. The fraction of sp³-hybridized carbons (Fsp3) is 0.480. The molecule has 2 fully saturated rings. The van der Waals surface area contributed by atoms with E-state index in [1.807, 2.05) is 11.0 Å². The number of hydrogen-bond donors (Lipinski definition) is 5. The standard InChI is InChI=1S/C25H28Cl2N2O9/c1-36-23-18(31)12(9-28-4-6-29(7-5-28)11-2-3-13(26)14(27)8-11)16-17(20(23)33)22-24(38-25(16)35)21(34)19(32)15(10-30)37-22/h2-3,8,15,19,21-22,24,30-34H,4-7,9-10H2,1H3/t15-,19-,21+,22?,24?/m0/s1. The molecule has 0 bridgehead atoms. The molecule has 0 aliphatic carbocycles. The highest BCUT2D eigenvalue weighted by molar-refractivity contribution is 6.42. The van der Waals surface area contributed by atoms with E-state index in [0.29, 0.717) is 36.2 Å². The van der Waals surface area contributed by atoms with Crippen molar-refractivity contribution < 1.29 is 44.5 Å². The number of phenolic OH excluding ortho intramolecular Hbond substituents is 2. The van der Waals surface area contributed by atoms with E-state index in [2.05, 4.69) is 4.90 Å². The first-order valence-electron chi connectivity index (χ1n) is 12.1. The van der Waals surface area contributed by atoms with Gasteiger partial charge in [0.15, 0.2) is 17.6 Å². The van der Waals surface area contributed by atoms with Gasteiger partial charge in [0.1, 0.15) is 24.4 Å². The molecular formula is C25H28Cl2N2O9. The predicted octanol–water partition coefficient (Wildman–Crippen LogP) is 1.43. The molecule has 3 aliphatic heterocycles. The van der Waals surface area contributed by atoms with Crippen LogP contribution in [-0.4, -0.2) is 101 Å². The minimum Gasteiger partial charge on any atom is -0.504 e. The Morgan fingerprint density at radius 3 is 2.39 bits per heavy atom. The minimum absolute atomic E-state index is 0.0326. The fourth-order valence-corrected chi connectivity index (χ4v) is 5.63. The van der Waals surface area contributed by atoms with Gasteiger partial charge in [-0.2, -0.15) is 0 Å². The topological polar surface area (TPSA) is 152 Å². The summed E-state index contributed by atoms with van der Waals surface area (Å²) in [6, 6.07) is 5.43. The Morgan fingerprint density at radius 2 is 1.76 bits per heavy atom. The third-order valence-electron chi connectivity index (χ3n) is 7.37. The number of fused-ring (bicyclic) bond motifs is 3. The third-order valence-corrected chi connectivity index (χ3v) is 8.11. The van der Waals surface area contributed by atoms with E-state index in [4.69, 9.17) is 37.4 Å². The van der Waals surface area contributed by atoms with Crippen molar-refractivity contribution in [2.24, 2.45) is 0 Å². The van der Waals surface area contributed by atoms with Crippen LogP contribution in [0, 0.1) is 0 Å². The molecule has 0 saturated carbocycles. The van der Waals surface area contributed by atoms with Crippen LogP contribution in [0.2, 0.25) is 10.0 Å². The van der Waals surface area contributed by atoms with Gasteiger partial charge in [-0.25, -0.2) is 4.79 Å². The number of carbonyl (C=O) groups excluding carboxylic acids is 1. The Bertz CT molecular complexity index is 1240. The van der Waals surface area contributed by atoms with Crippen LogP contribution in [0.5, 0.6) is 17.2 Å². The molecule has 3 heterocycles. The van der Waals surface area contributed by atoms with Gasteiger partial charge in [-0.1, -0.05) is 23.2 Å². The lowest BCUT2D eigenvalue weighted by atomic mass is 9.84. The summed E-state index contributed by atoms with van der Waals surface area (Å²) in [4.78, 5) is 17.3. The Labute approximate surface area is 228 Å². The van der Waals surface area contributed by atoms with Crippen LogP contribution in [0.15, 0.2) is 18.2 Å². The molecule has 0 aromatic heterocycles. The molecule has 5 N–H and O–H groups in total. The van der Waals surface area contributed by atoms with Crippen molar-refractivity contribution in [1.82, 2.24) is 4.90 Å². The van der Waals surface area contributed by atoms with Crippen LogP contribution in [0.1, 0.15) is 27.6 Å². The van der Waals surface area contributed by atoms with Crippen molar-refractivity contribution in [3.63, 3.8) is 0 Å². The number of nitrogens with zero attached hydrogens (tertiary/aromatic N) is 2. The number of esters is 1. The number of hydrogen-bond acceptors (Lipinski definition) is 11. The number of anilines is 1. The zero-order valence-electron chi connectivity index (χ0n) is 20.4. The first-order valence-corrected chi connectivity index (χ1v) is 12.8. The minimum atomic E-state index is -1.57. The average Bonchev–Trinajstić information content (AvgIpc) is 2.91. The second-order valence-electron chi connectivity index (χ2n) is 9.49. The van der Waals surface area contributed by atoms with E-state index in [-0.39, 0.29) is 29.0 Å². The molecule has 0 radical (unpaired) electrons. The van der Waals surface area contributed by atoms with Crippen molar-refractivity contribution in [2.45, 2.75) is 37.1 Å². The van der Waals surface area contributed by atoms with Crippen molar-refractivity contribution >= 4 is 34.9 Å². The van der Waals surface area contributed by atoms with Gasteiger partial charge in [-0.05, 0) is 18.2 Å². The number of halogens is 2. The fourth-order valence-electron chi connectivity index (χ4n) is 5.33. The van der Waals surface area contributed by atoms with Gasteiger partial charge in [-0.15, -0.1) is 0 Å². The molecule has 2 saturated heterocycles. The second-order valence-corrected chi connectivity index (χ2v) is 10.3. The van der Waals surface area contributed by atoms with Gasteiger partial charge >= 0.3 is 5.97 Å². The van der Waals surface area contributed by atoms with Gasteiger partial charge in [0.2, 0.25) is 5.75 Å². The summed E-state index contributed by atoms with van der Waals surface area (Å²) in [6.07, 6.45) is -6.82. The van der Waals surface area contributed by atoms with E-state index >= 15 is 0 Å². The van der Waals surface area contributed by atoms with E-state index in [1.54, 1.807) is 12.1 Å². The van der Waals surface area contributed by atoms with Crippen molar-refractivity contribution in [3.8, 4) is 17.2 Å². The second kappa shape index (κ2) is 10.6.